The van der Waals surface area contributed by atoms with Crippen LogP contribution in [-0.2, 0) is 0 Å². The maximum absolute atomic E-state index is 12.3. The molecule has 1 aromatic heterocycles. The Morgan fingerprint density at radius 1 is 0.964 bits per heavy atom. The third kappa shape index (κ3) is 3.66. The molecule has 2 saturated heterocycles. The Kier molecular flexibility index (Phi) is 5.04. The van der Waals surface area contributed by atoms with Gasteiger partial charge in [-0.2, -0.15) is 0 Å². The Hall–Kier alpha value is -1.62. The summed E-state index contributed by atoms with van der Waals surface area (Å²) in [6.07, 6.45) is 14.9. The minimum absolute atomic E-state index is 0.0274. The summed E-state index contributed by atoms with van der Waals surface area (Å²) >= 11 is 0. The molecule has 0 bridgehead atoms. The van der Waals surface area contributed by atoms with Crippen LogP contribution in [0.5, 0.6) is 0 Å². The van der Waals surface area contributed by atoms with E-state index in [-0.39, 0.29) is 5.91 Å². The molecule has 28 heavy (non-hydrogen) atoms. The van der Waals surface area contributed by atoms with E-state index in [2.05, 4.69) is 20.1 Å². The van der Waals surface area contributed by atoms with Crippen LogP contribution in [0.25, 0.3) is 0 Å². The number of pyridine rings is 1. The largest absolute Gasteiger partial charge is 0.357 e. The molecule has 0 radical (unpaired) electrons. The molecule has 2 aliphatic heterocycles. The Labute approximate surface area is 168 Å². The van der Waals surface area contributed by atoms with Crippen molar-refractivity contribution in [1.29, 1.82) is 0 Å². The van der Waals surface area contributed by atoms with Gasteiger partial charge in [0, 0.05) is 31.4 Å². The highest BCUT2D eigenvalue weighted by Crippen LogP contribution is 2.43. The highest BCUT2D eigenvalue weighted by atomic mass is 16.1. The van der Waals surface area contributed by atoms with Crippen LogP contribution in [-0.4, -0.2) is 54.1 Å². The second-order valence-corrected chi connectivity index (χ2v) is 9.61. The molecule has 4 aliphatic rings. The molecule has 152 valence electrons. The fourth-order valence-electron chi connectivity index (χ4n) is 5.35. The molecule has 0 aromatic carbocycles. The molecular weight excluding hydrogens is 348 g/mol. The molecule has 0 unspecified atom stereocenters. The lowest BCUT2D eigenvalue weighted by atomic mass is 9.70. The number of anilines is 1. The van der Waals surface area contributed by atoms with Crippen molar-refractivity contribution in [3.63, 3.8) is 0 Å². The zero-order valence-electron chi connectivity index (χ0n) is 17.0. The van der Waals surface area contributed by atoms with E-state index in [0.717, 1.165) is 37.8 Å². The summed E-state index contributed by atoms with van der Waals surface area (Å²) in [5.41, 5.74) is 1.26. The van der Waals surface area contributed by atoms with Crippen LogP contribution in [0.4, 0.5) is 5.82 Å². The number of likely N-dealkylation sites (tertiary alicyclic amines) is 1. The van der Waals surface area contributed by atoms with Crippen LogP contribution in [0.15, 0.2) is 18.3 Å². The van der Waals surface area contributed by atoms with Gasteiger partial charge in [0.15, 0.2) is 0 Å². The van der Waals surface area contributed by atoms with Gasteiger partial charge in [-0.25, -0.2) is 4.98 Å². The Morgan fingerprint density at radius 3 is 2.18 bits per heavy atom. The Morgan fingerprint density at radius 2 is 1.64 bits per heavy atom. The van der Waals surface area contributed by atoms with Crippen LogP contribution >= 0.6 is 0 Å². The molecule has 1 N–H and O–H groups in total. The van der Waals surface area contributed by atoms with Gasteiger partial charge in [-0.15, -0.1) is 0 Å². The Balaban J connectivity index is 1.13. The summed E-state index contributed by atoms with van der Waals surface area (Å²) in [5.74, 6) is 1.06. The number of carbonyl (C=O) groups is 1. The number of aromatic nitrogens is 1. The molecule has 2 saturated carbocycles. The maximum Gasteiger partial charge on any atom is 0.253 e. The van der Waals surface area contributed by atoms with Gasteiger partial charge in [0.2, 0.25) is 0 Å². The minimum Gasteiger partial charge on any atom is -0.357 e. The van der Waals surface area contributed by atoms with E-state index < -0.39 is 0 Å². The molecule has 0 atom stereocenters. The quantitative estimate of drug-likeness (QED) is 0.864. The first-order valence-corrected chi connectivity index (χ1v) is 11.5. The zero-order valence-corrected chi connectivity index (χ0v) is 17.0. The van der Waals surface area contributed by atoms with Gasteiger partial charge < -0.3 is 15.1 Å². The van der Waals surface area contributed by atoms with Crippen LogP contribution in [0.2, 0.25) is 0 Å². The van der Waals surface area contributed by atoms with Gasteiger partial charge in [0.1, 0.15) is 5.82 Å². The summed E-state index contributed by atoms with van der Waals surface area (Å²) < 4.78 is 0. The van der Waals surface area contributed by atoms with E-state index in [4.69, 9.17) is 0 Å². The van der Waals surface area contributed by atoms with Crippen LogP contribution < -0.4 is 10.2 Å². The zero-order chi connectivity index (χ0) is 19.0. The van der Waals surface area contributed by atoms with E-state index >= 15 is 0 Å². The van der Waals surface area contributed by atoms with E-state index in [1.807, 2.05) is 12.1 Å². The highest BCUT2D eigenvalue weighted by Gasteiger charge is 2.39. The molecule has 5 rings (SSSR count). The standard InChI is InChI=1S/C23H34N4O/c28-22(25-19-3-1-4-19)18-7-8-21(24-17-18)27-15-11-23(12-16-27)9-13-26(14-10-23)20-5-2-6-20/h7-8,17,19-20H,1-6,9-16H2,(H,25,28). The molecule has 2 aliphatic carbocycles. The van der Waals surface area contributed by atoms with Crippen LogP contribution in [0, 0.1) is 5.41 Å². The number of rotatable bonds is 4. The first-order valence-electron chi connectivity index (χ1n) is 11.5. The fraction of sp³-hybridized carbons (Fsp3) is 0.739. The predicted molar refractivity (Wildman–Crippen MR) is 112 cm³/mol. The molecule has 1 spiro atoms. The number of nitrogens with one attached hydrogen (secondary N) is 1. The summed E-state index contributed by atoms with van der Waals surface area (Å²) in [4.78, 5) is 22.1. The number of carbonyl (C=O) groups excluding carboxylic acids is 1. The normalized spacial score (nSPS) is 25.9. The van der Waals surface area contributed by atoms with E-state index in [1.54, 1.807) is 6.20 Å². The number of hydrogen-bond acceptors (Lipinski definition) is 4. The monoisotopic (exact) mass is 382 g/mol. The molecule has 5 heteroatoms. The van der Waals surface area contributed by atoms with Crippen molar-refractivity contribution in [1.82, 2.24) is 15.2 Å². The van der Waals surface area contributed by atoms with Crippen LogP contribution in [0.3, 0.4) is 0 Å². The van der Waals surface area contributed by atoms with Crippen molar-refractivity contribution >= 4 is 11.7 Å². The molecule has 1 aromatic rings. The van der Waals surface area contributed by atoms with Gasteiger partial charge in [-0.3, -0.25) is 4.79 Å². The van der Waals surface area contributed by atoms with Crippen molar-refractivity contribution in [3.05, 3.63) is 23.9 Å². The average molecular weight is 383 g/mol. The first kappa shape index (κ1) is 18.4. The second kappa shape index (κ2) is 7.66. The molecule has 5 nitrogen and oxygen atoms in total. The maximum atomic E-state index is 12.3. The minimum atomic E-state index is 0.0274. The lowest BCUT2D eigenvalue weighted by Crippen LogP contribution is -2.51. The smallest absolute Gasteiger partial charge is 0.253 e. The SMILES string of the molecule is O=C(NC1CCC1)c1ccc(N2CCC3(CC2)CCN(C2CCC2)CC3)nc1. The van der Waals surface area contributed by atoms with Crippen molar-refractivity contribution in [2.24, 2.45) is 5.41 Å². The molecule has 3 heterocycles. The highest BCUT2D eigenvalue weighted by molar-refractivity contribution is 5.94. The van der Waals surface area contributed by atoms with Gasteiger partial charge in [-0.1, -0.05) is 6.42 Å². The lowest BCUT2D eigenvalue weighted by Gasteiger charge is -2.50. The van der Waals surface area contributed by atoms with Gasteiger partial charge in [0.05, 0.1) is 5.56 Å². The summed E-state index contributed by atoms with van der Waals surface area (Å²) in [7, 11) is 0. The van der Waals surface area contributed by atoms with E-state index in [9.17, 15) is 4.79 Å². The number of amides is 1. The van der Waals surface area contributed by atoms with Crippen molar-refractivity contribution in [2.45, 2.75) is 76.3 Å². The van der Waals surface area contributed by atoms with Crippen molar-refractivity contribution < 1.29 is 4.79 Å². The molecular formula is C23H34N4O. The third-order valence-electron chi connectivity index (χ3n) is 8.05. The molecule has 4 fully saturated rings. The number of piperidine rings is 2. The van der Waals surface area contributed by atoms with Gasteiger partial charge in [0.25, 0.3) is 5.91 Å². The fourth-order valence-corrected chi connectivity index (χ4v) is 5.35. The third-order valence-corrected chi connectivity index (χ3v) is 8.05. The summed E-state index contributed by atoms with van der Waals surface area (Å²) in [5, 5.41) is 3.09. The summed E-state index contributed by atoms with van der Waals surface area (Å²) in [6, 6.07) is 5.26. The number of hydrogen-bond donors (Lipinski definition) is 1. The van der Waals surface area contributed by atoms with Crippen molar-refractivity contribution in [2.75, 3.05) is 31.1 Å². The van der Waals surface area contributed by atoms with Gasteiger partial charge >= 0.3 is 0 Å². The Bertz CT molecular complexity index is 677. The topological polar surface area (TPSA) is 48.5 Å². The van der Waals surface area contributed by atoms with Crippen molar-refractivity contribution in [3.8, 4) is 0 Å². The molecule has 1 amide bonds. The number of nitrogens with zero attached hydrogens (tertiary/aromatic N) is 3. The second-order valence-electron chi connectivity index (χ2n) is 9.61. The van der Waals surface area contributed by atoms with E-state index in [1.165, 1.54) is 64.5 Å². The summed E-state index contributed by atoms with van der Waals surface area (Å²) in [6.45, 7) is 4.83. The average Bonchev–Trinajstić information content (AvgIpc) is 2.66. The predicted octanol–water partition coefficient (Wildman–Crippen LogP) is 3.60. The van der Waals surface area contributed by atoms with Crippen LogP contribution in [0.1, 0.15) is 74.6 Å². The van der Waals surface area contributed by atoms with Gasteiger partial charge in [-0.05, 0) is 88.4 Å². The van der Waals surface area contributed by atoms with E-state index in [0.29, 0.717) is 17.0 Å². The lowest BCUT2D eigenvalue weighted by molar-refractivity contribution is 0.0305. The first-order chi connectivity index (χ1) is 13.7.